The number of carbonyl (C=O) groups is 1. The summed E-state index contributed by atoms with van der Waals surface area (Å²) in [5.41, 5.74) is 0.724. The molecule has 0 aromatic heterocycles. The minimum Gasteiger partial charge on any atom is -0.459 e. The van der Waals surface area contributed by atoms with E-state index in [0.29, 0.717) is 0 Å². The molecule has 0 N–H and O–H groups in total. The van der Waals surface area contributed by atoms with Gasteiger partial charge in [0.05, 0.1) is 5.56 Å². The Morgan fingerprint density at radius 1 is 1.06 bits per heavy atom. The number of halogens is 3. The highest BCUT2D eigenvalue weighted by Gasteiger charge is 2.22. The third-order valence-electron chi connectivity index (χ3n) is 3.04. The van der Waals surface area contributed by atoms with Crippen molar-refractivity contribution in [2.45, 2.75) is 38.2 Å². The lowest BCUT2D eigenvalue weighted by Gasteiger charge is -2.22. The average Bonchev–Trinajstić information content (AvgIpc) is 2.28. The molecule has 0 aliphatic heterocycles. The molecule has 0 saturated heterocycles. The van der Waals surface area contributed by atoms with Gasteiger partial charge in [0.25, 0.3) is 0 Å². The van der Waals surface area contributed by atoms with Crippen LogP contribution in [0.1, 0.15) is 42.5 Å². The van der Waals surface area contributed by atoms with E-state index in [1.54, 1.807) is 0 Å². The van der Waals surface area contributed by atoms with Crippen LogP contribution in [0, 0.1) is 10.7 Å². The van der Waals surface area contributed by atoms with Gasteiger partial charge in [0.1, 0.15) is 6.10 Å². The molecule has 0 spiro atoms. The highest BCUT2D eigenvalue weighted by Crippen LogP contribution is 2.26. The Morgan fingerprint density at radius 3 is 2.17 bits per heavy atom. The Balaban J connectivity index is 2.13. The van der Waals surface area contributed by atoms with Gasteiger partial charge in [-0.1, -0.05) is 6.42 Å². The predicted octanol–water partition coefficient (Wildman–Crippen LogP) is 4.99. The van der Waals surface area contributed by atoms with Gasteiger partial charge >= 0.3 is 5.97 Å². The summed E-state index contributed by atoms with van der Waals surface area (Å²) in [6.45, 7) is 0. The van der Waals surface area contributed by atoms with E-state index in [-0.39, 0.29) is 12.1 Å². The number of hydrogen-bond donors (Lipinski definition) is 0. The van der Waals surface area contributed by atoms with Crippen molar-refractivity contribution >= 4 is 73.7 Å². The molecule has 2 nitrogen and oxygen atoms in total. The number of hydrogen-bond acceptors (Lipinski definition) is 2. The van der Waals surface area contributed by atoms with Gasteiger partial charge in [0, 0.05) is 10.7 Å². The van der Waals surface area contributed by atoms with E-state index in [1.807, 2.05) is 12.1 Å². The van der Waals surface area contributed by atoms with E-state index in [4.69, 9.17) is 4.74 Å². The second kappa shape index (κ2) is 7.05. The van der Waals surface area contributed by atoms with Gasteiger partial charge in [-0.2, -0.15) is 0 Å². The van der Waals surface area contributed by atoms with Crippen molar-refractivity contribution in [1.82, 2.24) is 0 Å². The second-order valence-corrected chi connectivity index (χ2v) is 7.98. The summed E-state index contributed by atoms with van der Waals surface area (Å²) in [7, 11) is 0. The SMILES string of the molecule is O=C(OC1CCCCC1)c1c(I)cc(I)cc1I. The van der Waals surface area contributed by atoms with Crippen LogP contribution in [0.3, 0.4) is 0 Å². The van der Waals surface area contributed by atoms with E-state index in [1.165, 1.54) is 19.3 Å². The predicted molar refractivity (Wildman–Crippen MR) is 96.9 cm³/mol. The van der Waals surface area contributed by atoms with Crippen molar-refractivity contribution in [2.24, 2.45) is 0 Å². The van der Waals surface area contributed by atoms with Gasteiger partial charge in [-0.25, -0.2) is 4.79 Å². The fourth-order valence-electron chi connectivity index (χ4n) is 2.13. The van der Waals surface area contributed by atoms with Crippen molar-refractivity contribution in [3.63, 3.8) is 0 Å². The van der Waals surface area contributed by atoms with Crippen LogP contribution in [-0.2, 0) is 4.74 Å². The summed E-state index contributed by atoms with van der Waals surface area (Å²) in [6, 6.07) is 4.03. The van der Waals surface area contributed by atoms with Crippen molar-refractivity contribution in [2.75, 3.05) is 0 Å². The van der Waals surface area contributed by atoms with Gasteiger partial charge < -0.3 is 4.74 Å². The monoisotopic (exact) mass is 582 g/mol. The first-order valence-electron chi connectivity index (χ1n) is 5.93. The Hall–Kier alpha value is 0.880. The Bertz CT molecular complexity index is 431. The van der Waals surface area contributed by atoms with E-state index < -0.39 is 0 Å². The Morgan fingerprint density at radius 2 is 1.61 bits per heavy atom. The Labute approximate surface area is 148 Å². The minimum atomic E-state index is -0.160. The van der Waals surface area contributed by atoms with Crippen LogP contribution in [0.2, 0.25) is 0 Å². The Kier molecular flexibility index (Phi) is 5.98. The molecular weight excluding hydrogens is 569 g/mol. The maximum absolute atomic E-state index is 12.2. The number of ether oxygens (including phenoxy) is 1. The zero-order valence-corrected chi connectivity index (χ0v) is 16.2. The number of rotatable bonds is 2. The fourth-order valence-corrected chi connectivity index (χ4v) is 6.15. The summed E-state index contributed by atoms with van der Waals surface area (Å²) >= 11 is 6.69. The zero-order valence-electron chi connectivity index (χ0n) is 9.72. The first-order chi connectivity index (χ1) is 8.58. The molecule has 5 heteroatoms. The maximum atomic E-state index is 12.2. The summed E-state index contributed by atoms with van der Waals surface area (Å²) in [5, 5.41) is 0. The molecule has 1 saturated carbocycles. The molecule has 0 bridgehead atoms. The van der Waals surface area contributed by atoms with Crippen LogP contribution in [0.5, 0.6) is 0 Å². The molecule has 2 rings (SSSR count). The lowest BCUT2D eigenvalue weighted by Crippen LogP contribution is -2.22. The fraction of sp³-hybridized carbons (Fsp3) is 0.462. The van der Waals surface area contributed by atoms with Crippen LogP contribution in [0.4, 0.5) is 0 Å². The summed E-state index contributed by atoms with van der Waals surface area (Å²) in [4.78, 5) is 12.2. The van der Waals surface area contributed by atoms with Gasteiger partial charge in [-0.3, -0.25) is 0 Å². The molecule has 0 atom stereocenters. The second-order valence-electron chi connectivity index (χ2n) is 4.41. The summed E-state index contributed by atoms with van der Waals surface area (Å²) in [6.07, 6.45) is 5.79. The van der Waals surface area contributed by atoms with Gasteiger partial charge in [0.2, 0.25) is 0 Å². The largest absolute Gasteiger partial charge is 0.459 e. The van der Waals surface area contributed by atoms with Crippen molar-refractivity contribution in [3.05, 3.63) is 28.4 Å². The third kappa shape index (κ3) is 3.94. The normalized spacial score (nSPS) is 16.6. The van der Waals surface area contributed by atoms with Crippen LogP contribution < -0.4 is 0 Å². The number of benzene rings is 1. The first-order valence-corrected chi connectivity index (χ1v) is 9.17. The van der Waals surface area contributed by atoms with E-state index >= 15 is 0 Å². The molecule has 1 fully saturated rings. The molecule has 0 heterocycles. The average molecular weight is 582 g/mol. The zero-order chi connectivity index (χ0) is 13.1. The van der Waals surface area contributed by atoms with Crippen LogP contribution >= 0.6 is 67.8 Å². The molecule has 1 aromatic rings. The smallest absolute Gasteiger partial charge is 0.340 e. The molecule has 0 radical (unpaired) electrons. The van der Waals surface area contributed by atoms with Crippen molar-refractivity contribution in [1.29, 1.82) is 0 Å². The summed E-state index contributed by atoms with van der Waals surface area (Å²) in [5.74, 6) is -0.160. The molecule has 1 aliphatic carbocycles. The van der Waals surface area contributed by atoms with E-state index in [9.17, 15) is 4.79 Å². The topological polar surface area (TPSA) is 26.3 Å². The van der Waals surface area contributed by atoms with Gasteiger partial charge in [-0.15, -0.1) is 0 Å². The standard InChI is InChI=1S/C13H13I3O2/c14-8-6-10(15)12(11(16)7-8)13(17)18-9-4-2-1-3-5-9/h6-7,9H,1-5H2. The highest BCUT2D eigenvalue weighted by molar-refractivity contribution is 14.1. The van der Waals surface area contributed by atoms with Crippen molar-refractivity contribution < 1.29 is 9.53 Å². The van der Waals surface area contributed by atoms with Crippen LogP contribution in [-0.4, -0.2) is 12.1 Å². The van der Waals surface area contributed by atoms with Crippen LogP contribution in [0.15, 0.2) is 12.1 Å². The van der Waals surface area contributed by atoms with E-state index in [0.717, 1.165) is 29.1 Å². The molecule has 1 aliphatic rings. The molecule has 18 heavy (non-hydrogen) atoms. The molecule has 98 valence electrons. The quantitative estimate of drug-likeness (QED) is 0.363. The first kappa shape index (κ1) is 15.3. The minimum absolute atomic E-state index is 0.122. The van der Waals surface area contributed by atoms with E-state index in [2.05, 4.69) is 67.8 Å². The number of esters is 1. The van der Waals surface area contributed by atoms with Gasteiger partial charge in [-0.05, 0) is 106 Å². The highest BCUT2D eigenvalue weighted by atomic mass is 127. The molecule has 1 aromatic carbocycles. The molecule has 0 unspecified atom stereocenters. The maximum Gasteiger partial charge on any atom is 0.340 e. The molecular formula is C13H13I3O2. The van der Waals surface area contributed by atoms with Crippen LogP contribution in [0.25, 0.3) is 0 Å². The third-order valence-corrected chi connectivity index (χ3v) is 5.36. The van der Waals surface area contributed by atoms with Gasteiger partial charge in [0.15, 0.2) is 0 Å². The number of carbonyl (C=O) groups excluding carboxylic acids is 1. The molecule has 0 amide bonds. The lowest BCUT2D eigenvalue weighted by molar-refractivity contribution is 0.0208. The lowest BCUT2D eigenvalue weighted by atomic mass is 9.98. The van der Waals surface area contributed by atoms with Crippen molar-refractivity contribution in [3.8, 4) is 0 Å². The summed E-state index contributed by atoms with van der Waals surface area (Å²) < 4.78 is 8.73.